The molecule has 0 atom stereocenters. The van der Waals surface area contributed by atoms with Crippen LogP contribution in [0.3, 0.4) is 0 Å². The summed E-state index contributed by atoms with van der Waals surface area (Å²) in [6, 6.07) is 0. The second kappa shape index (κ2) is 5.26. The largest absolute Gasteiger partial charge is 0.0882 e. The third-order valence-electron chi connectivity index (χ3n) is 2.93. The van der Waals surface area contributed by atoms with Crippen molar-refractivity contribution in [2.45, 2.75) is 52.9 Å². The molecular weight excluding hydrogens is 156 g/mol. The summed E-state index contributed by atoms with van der Waals surface area (Å²) in [7, 11) is 0. The highest BCUT2D eigenvalue weighted by Gasteiger charge is 2.09. The van der Waals surface area contributed by atoms with Crippen molar-refractivity contribution in [3.63, 3.8) is 0 Å². The molecule has 0 aromatic carbocycles. The Bertz CT molecular complexity index is 206. The molecule has 0 bridgehead atoms. The lowest BCUT2D eigenvalue weighted by Gasteiger charge is -2.18. The first kappa shape index (κ1) is 10.6. The third kappa shape index (κ3) is 3.02. The molecular formula is C13H22. The minimum atomic E-state index is 0.751. The number of hydrogen-bond acceptors (Lipinski definition) is 0. The van der Waals surface area contributed by atoms with Gasteiger partial charge in [0.25, 0.3) is 0 Å². The van der Waals surface area contributed by atoms with Gasteiger partial charge >= 0.3 is 0 Å². The molecule has 0 heteroatoms. The summed E-state index contributed by atoms with van der Waals surface area (Å²) < 4.78 is 0. The number of rotatable bonds is 2. The Morgan fingerprint density at radius 2 is 2.08 bits per heavy atom. The van der Waals surface area contributed by atoms with E-state index in [4.69, 9.17) is 0 Å². The highest BCUT2D eigenvalue weighted by molar-refractivity contribution is 5.20. The molecule has 74 valence electrons. The van der Waals surface area contributed by atoms with E-state index in [0.717, 1.165) is 5.92 Å². The second-order valence-electron chi connectivity index (χ2n) is 4.20. The SMILES string of the molecule is CCC1=C(C(C)C)CCCC=CC1. The Kier molecular flexibility index (Phi) is 4.27. The van der Waals surface area contributed by atoms with E-state index in [1.165, 1.54) is 32.1 Å². The summed E-state index contributed by atoms with van der Waals surface area (Å²) in [6.07, 6.45) is 11.1. The van der Waals surface area contributed by atoms with Crippen LogP contribution in [0, 0.1) is 5.92 Å². The fraction of sp³-hybridized carbons (Fsp3) is 0.692. The number of allylic oxidation sites excluding steroid dienone is 4. The van der Waals surface area contributed by atoms with E-state index in [9.17, 15) is 0 Å². The number of hydrogen-bond donors (Lipinski definition) is 0. The van der Waals surface area contributed by atoms with Crippen LogP contribution in [-0.2, 0) is 0 Å². The van der Waals surface area contributed by atoms with Crippen molar-refractivity contribution in [3.8, 4) is 0 Å². The van der Waals surface area contributed by atoms with Gasteiger partial charge in [-0.25, -0.2) is 0 Å². The summed E-state index contributed by atoms with van der Waals surface area (Å²) in [5.74, 6) is 0.751. The maximum atomic E-state index is 2.35. The molecule has 0 aliphatic heterocycles. The van der Waals surface area contributed by atoms with Crippen molar-refractivity contribution >= 4 is 0 Å². The summed E-state index contributed by atoms with van der Waals surface area (Å²) in [4.78, 5) is 0. The van der Waals surface area contributed by atoms with E-state index < -0.39 is 0 Å². The molecule has 0 heterocycles. The topological polar surface area (TPSA) is 0 Å². The predicted octanol–water partition coefficient (Wildman–Crippen LogP) is 4.48. The maximum Gasteiger partial charge on any atom is -0.0136 e. The fourth-order valence-corrected chi connectivity index (χ4v) is 2.13. The first-order valence-electron chi connectivity index (χ1n) is 5.61. The van der Waals surface area contributed by atoms with E-state index >= 15 is 0 Å². The van der Waals surface area contributed by atoms with Gasteiger partial charge in [-0.3, -0.25) is 0 Å². The molecule has 0 saturated heterocycles. The van der Waals surface area contributed by atoms with Crippen molar-refractivity contribution in [1.29, 1.82) is 0 Å². The van der Waals surface area contributed by atoms with Crippen LogP contribution in [0.1, 0.15) is 52.9 Å². The molecule has 0 unspecified atom stereocenters. The lowest BCUT2D eigenvalue weighted by atomic mass is 9.88. The molecule has 0 saturated carbocycles. The Balaban J connectivity index is 2.81. The molecule has 0 aromatic rings. The molecule has 1 aliphatic carbocycles. The van der Waals surface area contributed by atoms with Gasteiger partial charge in [-0.05, 0) is 38.0 Å². The van der Waals surface area contributed by atoms with Crippen LogP contribution in [0.15, 0.2) is 23.3 Å². The zero-order valence-electron chi connectivity index (χ0n) is 9.27. The quantitative estimate of drug-likeness (QED) is 0.547. The van der Waals surface area contributed by atoms with Crippen LogP contribution in [0.5, 0.6) is 0 Å². The molecule has 0 amide bonds. The van der Waals surface area contributed by atoms with Gasteiger partial charge in [-0.2, -0.15) is 0 Å². The molecule has 0 fully saturated rings. The molecule has 13 heavy (non-hydrogen) atoms. The summed E-state index contributed by atoms with van der Waals surface area (Å²) >= 11 is 0. The van der Waals surface area contributed by atoms with Crippen molar-refractivity contribution < 1.29 is 0 Å². The first-order chi connectivity index (χ1) is 6.25. The average Bonchev–Trinajstić information content (AvgIpc) is 2.03. The van der Waals surface area contributed by atoms with Crippen LogP contribution in [0.25, 0.3) is 0 Å². The van der Waals surface area contributed by atoms with E-state index in [1.807, 2.05) is 0 Å². The lowest BCUT2D eigenvalue weighted by molar-refractivity contribution is 0.659. The normalized spacial score (nSPS) is 19.1. The lowest BCUT2D eigenvalue weighted by Crippen LogP contribution is -2.01. The van der Waals surface area contributed by atoms with Crippen molar-refractivity contribution in [2.75, 3.05) is 0 Å². The highest BCUT2D eigenvalue weighted by Crippen LogP contribution is 2.27. The smallest absolute Gasteiger partial charge is 0.0136 e. The Morgan fingerprint density at radius 3 is 2.69 bits per heavy atom. The minimum absolute atomic E-state index is 0.751. The zero-order valence-corrected chi connectivity index (χ0v) is 9.27. The van der Waals surface area contributed by atoms with Crippen molar-refractivity contribution in [3.05, 3.63) is 23.3 Å². The van der Waals surface area contributed by atoms with Gasteiger partial charge in [0.1, 0.15) is 0 Å². The maximum absolute atomic E-state index is 2.35. The molecule has 0 nitrogen and oxygen atoms in total. The Hall–Kier alpha value is -0.520. The first-order valence-corrected chi connectivity index (χ1v) is 5.61. The van der Waals surface area contributed by atoms with Gasteiger partial charge < -0.3 is 0 Å². The second-order valence-corrected chi connectivity index (χ2v) is 4.20. The molecule has 1 aliphatic rings. The fourth-order valence-electron chi connectivity index (χ4n) is 2.13. The van der Waals surface area contributed by atoms with Gasteiger partial charge in [-0.1, -0.05) is 44.1 Å². The molecule has 0 aromatic heterocycles. The molecule has 1 rings (SSSR count). The minimum Gasteiger partial charge on any atom is -0.0882 e. The van der Waals surface area contributed by atoms with Crippen LogP contribution in [-0.4, -0.2) is 0 Å². The van der Waals surface area contributed by atoms with Gasteiger partial charge in [0.05, 0.1) is 0 Å². The van der Waals surface area contributed by atoms with Crippen LogP contribution in [0.2, 0.25) is 0 Å². The van der Waals surface area contributed by atoms with Crippen LogP contribution in [0.4, 0.5) is 0 Å². The summed E-state index contributed by atoms with van der Waals surface area (Å²) in [5, 5.41) is 0. The highest BCUT2D eigenvalue weighted by atomic mass is 14.1. The molecule has 0 spiro atoms. The van der Waals surface area contributed by atoms with E-state index in [-0.39, 0.29) is 0 Å². The monoisotopic (exact) mass is 178 g/mol. The van der Waals surface area contributed by atoms with Gasteiger partial charge in [-0.15, -0.1) is 0 Å². The molecule has 0 N–H and O–H groups in total. The third-order valence-corrected chi connectivity index (χ3v) is 2.93. The summed E-state index contributed by atoms with van der Waals surface area (Å²) in [6.45, 7) is 6.94. The van der Waals surface area contributed by atoms with Gasteiger partial charge in [0.15, 0.2) is 0 Å². The Labute approximate surface area is 82.7 Å². The van der Waals surface area contributed by atoms with Gasteiger partial charge in [0.2, 0.25) is 0 Å². The average molecular weight is 178 g/mol. The standard InChI is InChI=1S/C13H22/c1-4-12-9-7-5-6-8-10-13(12)11(2)3/h5,7,11H,4,6,8-10H2,1-3H3. The van der Waals surface area contributed by atoms with Crippen molar-refractivity contribution in [1.82, 2.24) is 0 Å². The van der Waals surface area contributed by atoms with Gasteiger partial charge in [0, 0.05) is 0 Å². The molecule has 0 radical (unpaired) electrons. The van der Waals surface area contributed by atoms with Crippen molar-refractivity contribution in [2.24, 2.45) is 5.92 Å². The summed E-state index contributed by atoms with van der Waals surface area (Å²) in [5.41, 5.74) is 3.41. The zero-order chi connectivity index (χ0) is 9.68. The van der Waals surface area contributed by atoms with E-state index in [2.05, 4.69) is 32.9 Å². The van der Waals surface area contributed by atoms with Crippen LogP contribution < -0.4 is 0 Å². The van der Waals surface area contributed by atoms with E-state index in [0.29, 0.717) is 0 Å². The van der Waals surface area contributed by atoms with Crippen LogP contribution >= 0.6 is 0 Å². The Morgan fingerprint density at radius 1 is 1.31 bits per heavy atom. The van der Waals surface area contributed by atoms with E-state index in [1.54, 1.807) is 11.1 Å². The predicted molar refractivity (Wildman–Crippen MR) is 59.8 cm³/mol.